The molecule has 3 rings (SSSR count). The first kappa shape index (κ1) is 21.3. The van der Waals surface area contributed by atoms with Crippen LogP contribution >= 0.6 is 0 Å². The Hall–Kier alpha value is -2.41. The number of amides is 2. The number of nitrogens with one attached hydrogen (secondary N) is 1. The highest BCUT2D eigenvalue weighted by atomic mass is 16.2. The maximum Gasteiger partial charge on any atom is 0.261 e. The van der Waals surface area contributed by atoms with Gasteiger partial charge in [-0.3, -0.25) is 14.5 Å². The quantitative estimate of drug-likeness (QED) is 0.737. The normalized spacial score (nSPS) is 22.8. The minimum absolute atomic E-state index is 0.0198. The molecule has 0 bridgehead atoms. The number of nitrogens with two attached hydrogens (primary N) is 1. The summed E-state index contributed by atoms with van der Waals surface area (Å²) in [6.45, 7) is 0.868. The zero-order valence-corrected chi connectivity index (χ0v) is 17.8. The fourth-order valence-electron chi connectivity index (χ4n) is 4.49. The third-order valence-electron chi connectivity index (χ3n) is 6.06. The first-order valence-corrected chi connectivity index (χ1v) is 10.5. The lowest BCUT2D eigenvalue weighted by molar-refractivity contribution is -0.133. The topological polar surface area (TPSA) is 91.0 Å². The van der Waals surface area contributed by atoms with E-state index in [1.54, 1.807) is 7.05 Å². The second-order valence-corrected chi connectivity index (χ2v) is 8.47. The van der Waals surface area contributed by atoms with E-state index in [0.29, 0.717) is 12.1 Å². The molecule has 7 nitrogen and oxygen atoms in total. The van der Waals surface area contributed by atoms with Crippen LogP contribution in [0.1, 0.15) is 50.5 Å². The van der Waals surface area contributed by atoms with Crippen LogP contribution in [0.15, 0.2) is 29.3 Å². The summed E-state index contributed by atoms with van der Waals surface area (Å²) in [5, 5.41) is 2.97. The van der Waals surface area contributed by atoms with Gasteiger partial charge < -0.3 is 16.0 Å². The zero-order valence-electron chi connectivity index (χ0n) is 17.8. The van der Waals surface area contributed by atoms with Crippen molar-refractivity contribution in [1.29, 1.82) is 0 Å². The summed E-state index contributed by atoms with van der Waals surface area (Å²) in [7, 11) is 5.67. The van der Waals surface area contributed by atoms with Gasteiger partial charge in [-0.15, -0.1) is 0 Å². The summed E-state index contributed by atoms with van der Waals surface area (Å²) in [4.78, 5) is 33.9. The number of aliphatic imine (C=N–C) groups is 1. The summed E-state index contributed by atoms with van der Waals surface area (Å²) in [5.41, 5.74) is 6.60. The van der Waals surface area contributed by atoms with Gasteiger partial charge >= 0.3 is 0 Å². The molecule has 1 aliphatic carbocycles. The lowest BCUT2D eigenvalue weighted by atomic mass is 9.71. The Morgan fingerprint density at radius 3 is 2.66 bits per heavy atom. The van der Waals surface area contributed by atoms with Gasteiger partial charge in [-0.05, 0) is 63.5 Å². The van der Waals surface area contributed by atoms with Gasteiger partial charge in [0.15, 0.2) is 11.5 Å². The van der Waals surface area contributed by atoms with Crippen LogP contribution in [0, 0.1) is 5.92 Å². The number of guanidine groups is 1. The van der Waals surface area contributed by atoms with Crippen LogP contribution in [-0.2, 0) is 15.1 Å². The average Bonchev–Trinajstić information content (AvgIpc) is 2.93. The van der Waals surface area contributed by atoms with E-state index in [9.17, 15) is 9.59 Å². The maximum absolute atomic E-state index is 13.3. The molecule has 158 valence electrons. The Balaban J connectivity index is 1.85. The van der Waals surface area contributed by atoms with E-state index in [0.717, 1.165) is 44.2 Å². The van der Waals surface area contributed by atoms with Gasteiger partial charge in [-0.25, -0.2) is 4.99 Å². The number of carbonyl (C=O) groups is 2. The third kappa shape index (κ3) is 4.45. The van der Waals surface area contributed by atoms with E-state index in [4.69, 9.17) is 10.7 Å². The van der Waals surface area contributed by atoms with Gasteiger partial charge in [0.2, 0.25) is 5.91 Å². The molecule has 2 aliphatic rings. The van der Waals surface area contributed by atoms with Gasteiger partial charge in [0, 0.05) is 19.2 Å². The van der Waals surface area contributed by atoms with Crippen molar-refractivity contribution >= 4 is 23.5 Å². The van der Waals surface area contributed by atoms with Crippen LogP contribution in [0.4, 0.5) is 5.69 Å². The molecular weight excluding hydrogens is 366 g/mol. The monoisotopic (exact) mass is 399 g/mol. The Morgan fingerprint density at radius 2 is 2.03 bits per heavy atom. The minimum Gasteiger partial charge on any atom is -0.369 e. The molecule has 0 spiro atoms. The third-order valence-corrected chi connectivity index (χ3v) is 6.06. The molecule has 2 amide bonds. The lowest BCUT2D eigenvalue weighted by Crippen LogP contribution is -2.45. The maximum atomic E-state index is 13.3. The van der Waals surface area contributed by atoms with E-state index in [1.807, 2.05) is 38.4 Å². The number of carbonyl (C=O) groups excluding carboxylic acids is 2. The predicted octanol–water partition coefficient (Wildman–Crippen LogP) is 2.53. The molecule has 1 heterocycles. The molecular formula is C22H33N5O2. The number of nitrogens with zero attached hydrogens (tertiary/aromatic N) is 3. The average molecular weight is 400 g/mol. The fraction of sp³-hybridized carbons (Fsp3) is 0.591. The highest BCUT2D eigenvalue weighted by Crippen LogP contribution is 2.46. The number of rotatable bonds is 7. The molecule has 1 aromatic rings. The predicted molar refractivity (Wildman–Crippen MR) is 116 cm³/mol. The second-order valence-electron chi connectivity index (χ2n) is 8.47. The molecule has 1 fully saturated rings. The Morgan fingerprint density at radius 1 is 1.31 bits per heavy atom. The lowest BCUT2D eigenvalue weighted by Gasteiger charge is -2.36. The van der Waals surface area contributed by atoms with Crippen molar-refractivity contribution in [3.63, 3.8) is 0 Å². The van der Waals surface area contributed by atoms with Crippen molar-refractivity contribution in [1.82, 2.24) is 9.80 Å². The van der Waals surface area contributed by atoms with E-state index in [-0.39, 0.29) is 23.7 Å². The van der Waals surface area contributed by atoms with Gasteiger partial charge in [0.25, 0.3) is 5.91 Å². The van der Waals surface area contributed by atoms with Crippen LogP contribution in [0.3, 0.4) is 0 Å². The number of benzene rings is 1. The largest absolute Gasteiger partial charge is 0.369 e. The summed E-state index contributed by atoms with van der Waals surface area (Å²) in [6.07, 6.45) is 6.56. The number of hydrogen-bond acceptors (Lipinski definition) is 5. The standard InChI is InChI=1S/C22H33N5O2/c1-26(2)14-8-13-19(28)24-18-12-7-11-17(15-18)22(16-9-5-4-6-10-16)20(29)27(3)21(23)25-22/h7,11-12,15-16H,4-6,8-10,13-14H2,1-3H3,(H2,23,25)(H,24,28). The summed E-state index contributed by atoms with van der Waals surface area (Å²) < 4.78 is 0. The van der Waals surface area contributed by atoms with Crippen molar-refractivity contribution in [3.05, 3.63) is 29.8 Å². The van der Waals surface area contributed by atoms with Gasteiger partial charge in [0.05, 0.1) is 0 Å². The van der Waals surface area contributed by atoms with Crippen LogP contribution in [0.5, 0.6) is 0 Å². The van der Waals surface area contributed by atoms with Crippen molar-refractivity contribution in [2.45, 2.75) is 50.5 Å². The van der Waals surface area contributed by atoms with Gasteiger partial charge in [-0.1, -0.05) is 31.4 Å². The highest BCUT2D eigenvalue weighted by Gasteiger charge is 2.53. The van der Waals surface area contributed by atoms with Crippen molar-refractivity contribution in [2.75, 3.05) is 33.0 Å². The second kappa shape index (κ2) is 8.95. The fourth-order valence-corrected chi connectivity index (χ4v) is 4.49. The molecule has 1 saturated carbocycles. The molecule has 1 aliphatic heterocycles. The number of hydrogen-bond donors (Lipinski definition) is 2. The molecule has 1 atom stereocenters. The van der Waals surface area contributed by atoms with Crippen molar-refractivity contribution in [2.24, 2.45) is 16.6 Å². The summed E-state index contributed by atoms with van der Waals surface area (Å²) in [5.74, 6) is 0.293. The Kier molecular flexibility index (Phi) is 6.57. The van der Waals surface area contributed by atoms with Gasteiger partial charge in [-0.2, -0.15) is 0 Å². The SMILES string of the molecule is CN(C)CCCC(=O)Nc1cccc(C2(C3CCCCC3)N=C(N)N(C)C2=O)c1. The molecule has 0 aromatic heterocycles. The number of anilines is 1. The van der Waals surface area contributed by atoms with Crippen LogP contribution in [0.25, 0.3) is 0 Å². The Labute approximate surface area is 173 Å². The van der Waals surface area contributed by atoms with E-state index >= 15 is 0 Å². The molecule has 1 unspecified atom stereocenters. The smallest absolute Gasteiger partial charge is 0.261 e. The van der Waals surface area contributed by atoms with Crippen molar-refractivity contribution < 1.29 is 9.59 Å². The first-order valence-electron chi connectivity index (χ1n) is 10.5. The van der Waals surface area contributed by atoms with E-state index < -0.39 is 5.54 Å². The number of likely N-dealkylation sites (N-methyl/N-ethyl adjacent to an activating group) is 1. The summed E-state index contributed by atoms with van der Waals surface area (Å²) in [6, 6.07) is 7.57. The molecule has 3 N–H and O–H groups in total. The van der Waals surface area contributed by atoms with Crippen LogP contribution in [-0.4, -0.2) is 55.3 Å². The minimum atomic E-state index is -0.981. The zero-order chi connectivity index (χ0) is 21.0. The summed E-state index contributed by atoms with van der Waals surface area (Å²) >= 11 is 0. The molecule has 1 aromatic carbocycles. The van der Waals surface area contributed by atoms with Gasteiger partial charge in [0.1, 0.15) is 0 Å². The first-order chi connectivity index (χ1) is 13.8. The highest BCUT2D eigenvalue weighted by molar-refractivity contribution is 6.07. The molecule has 7 heteroatoms. The van der Waals surface area contributed by atoms with Crippen molar-refractivity contribution in [3.8, 4) is 0 Å². The Bertz CT molecular complexity index is 785. The van der Waals surface area contributed by atoms with Crippen LogP contribution in [0.2, 0.25) is 0 Å². The van der Waals surface area contributed by atoms with E-state index in [2.05, 4.69) is 10.2 Å². The van der Waals surface area contributed by atoms with E-state index in [1.165, 1.54) is 11.3 Å². The van der Waals surface area contributed by atoms with Crippen LogP contribution < -0.4 is 11.1 Å². The molecule has 29 heavy (non-hydrogen) atoms. The molecule has 0 radical (unpaired) electrons. The molecule has 0 saturated heterocycles.